The van der Waals surface area contributed by atoms with E-state index in [0.29, 0.717) is 0 Å². The number of halogens is 2. The first-order chi connectivity index (χ1) is 5.40. The molecule has 15 heavy (non-hydrogen) atoms. The van der Waals surface area contributed by atoms with Crippen LogP contribution in [0.1, 0.15) is 13.3 Å². The van der Waals surface area contributed by atoms with Crippen molar-refractivity contribution in [2.45, 2.75) is 40.9 Å². The van der Waals surface area contributed by atoms with Gasteiger partial charge < -0.3 is 0 Å². The van der Waals surface area contributed by atoms with Crippen molar-refractivity contribution in [2.24, 2.45) is 0 Å². The van der Waals surface area contributed by atoms with E-state index in [2.05, 4.69) is 48.6 Å². The standard InChI is InChI=1S/C5H5.C2H5.5CH3.2ClH.Hf/c1-2-4-5-3-1;1-2;;;;;;;;/h1-3H,4H2;1H2,2H3;5*1H3;2*1H;. The molecule has 0 amide bonds. The minimum atomic E-state index is -3.49. The van der Waals surface area contributed by atoms with Crippen LogP contribution in [-0.4, -0.2) is 0 Å². The topological polar surface area (TPSA) is 0 Å². The molecule has 1 aliphatic rings. The van der Waals surface area contributed by atoms with Crippen LogP contribution in [0.25, 0.3) is 0 Å². The van der Waals surface area contributed by atoms with E-state index in [-0.39, 0.29) is 24.8 Å². The minimum absolute atomic E-state index is 0. The van der Waals surface area contributed by atoms with Gasteiger partial charge in [0.05, 0.1) is 0 Å². The summed E-state index contributed by atoms with van der Waals surface area (Å²) in [5.74, 6) is 0. The normalized spacial score (nSPS) is 22.3. The fourth-order valence-electron chi connectivity index (χ4n) is 1.73. The second-order valence-corrected chi connectivity index (χ2v) is 73.6. The van der Waals surface area contributed by atoms with E-state index in [0.717, 1.165) is 0 Å². The summed E-state index contributed by atoms with van der Waals surface area (Å²) in [6, 6.07) is 0. The van der Waals surface area contributed by atoms with Gasteiger partial charge in [-0.1, -0.05) is 0 Å². The van der Waals surface area contributed by atoms with Crippen LogP contribution < -0.4 is 0 Å². The van der Waals surface area contributed by atoms with Gasteiger partial charge in [0.2, 0.25) is 0 Å². The van der Waals surface area contributed by atoms with E-state index in [9.17, 15) is 0 Å². The van der Waals surface area contributed by atoms with E-state index in [4.69, 9.17) is 0 Å². The van der Waals surface area contributed by atoms with Crippen molar-refractivity contribution in [3.8, 4) is 0 Å². The van der Waals surface area contributed by atoms with Crippen molar-refractivity contribution in [3.05, 3.63) is 21.6 Å². The van der Waals surface area contributed by atoms with Crippen LogP contribution in [0.4, 0.5) is 0 Å². The van der Waals surface area contributed by atoms with Crippen LogP contribution in [0.2, 0.25) is 27.6 Å². The molecule has 93 valence electrons. The predicted octanol–water partition coefficient (Wildman–Crippen LogP) is 6.11. The number of allylic oxidation sites excluding steroid dienone is 4. The van der Waals surface area contributed by atoms with Crippen LogP contribution >= 0.6 is 24.8 Å². The second kappa shape index (κ2) is 3.23. The Balaban J connectivity index is 0. The fraction of sp³-hybridized carbons (Fsp3) is 0.667. The maximum atomic E-state index is 2.57. The van der Waals surface area contributed by atoms with Gasteiger partial charge in [0.15, 0.2) is 0 Å². The maximum Gasteiger partial charge on any atom is -0.147 e. The van der Waals surface area contributed by atoms with Gasteiger partial charge in [-0.05, 0) is 0 Å². The molecule has 0 N–H and O–H groups in total. The maximum absolute atomic E-state index is 3.49. The molecule has 0 spiro atoms. The zero-order valence-corrected chi connectivity index (χ0v) is 16.2. The molecule has 3 heteroatoms. The zero-order chi connectivity index (χ0) is 10.5. The molecule has 0 saturated heterocycles. The van der Waals surface area contributed by atoms with Crippen molar-refractivity contribution in [3.63, 3.8) is 0 Å². The molecule has 0 aromatic rings. The van der Waals surface area contributed by atoms with Crippen molar-refractivity contribution in [2.75, 3.05) is 0 Å². The summed E-state index contributed by atoms with van der Waals surface area (Å²) in [7, 11) is 0. The van der Waals surface area contributed by atoms with Gasteiger partial charge in [0.1, 0.15) is 0 Å². The Bertz CT molecular complexity index is 319. The average molecular weight is 421 g/mol. The summed E-state index contributed by atoms with van der Waals surface area (Å²) in [6.45, 7) is 2.37. The summed E-state index contributed by atoms with van der Waals surface area (Å²) in [5, 5.41) is 0. The SMILES string of the molecule is C[CH2][Hf]([CH3])([CH3])([CH3])([CH3])([CH3])[C]1=CC=CC1.Cl.Cl. The molecular weight excluding hydrogens is 394 g/mol. The molecule has 0 atom stereocenters. The molecule has 0 aromatic heterocycles. The number of hydrogen-bond acceptors (Lipinski definition) is 0. The quantitative estimate of drug-likeness (QED) is 0.473. The van der Waals surface area contributed by atoms with Gasteiger partial charge >= 0.3 is 78.0 Å². The molecule has 1 rings (SSSR count). The average Bonchev–Trinajstić information content (AvgIpc) is 2.36. The molecule has 0 nitrogen and oxygen atoms in total. The van der Waals surface area contributed by atoms with E-state index in [1.807, 2.05) is 0 Å². The summed E-state index contributed by atoms with van der Waals surface area (Å²) < 4.78 is 15.9. The van der Waals surface area contributed by atoms with Crippen LogP contribution in [0.3, 0.4) is 0 Å². The fourth-order valence-corrected chi connectivity index (χ4v) is 11.7. The molecule has 1 aliphatic carbocycles. The predicted molar refractivity (Wildman–Crippen MR) is 76.1 cm³/mol. The molecule has 0 bridgehead atoms. The van der Waals surface area contributed by atoms with E-state index in [1.54, 1.807) is 3.33 Å². The van der Waals surface area contributed by atoms with Crippen molar-refractivity contribution >= 4 is 24.8 Å². The van der Waals surface area contributed by atoms with Gasteiger partial charge in [-0.3, -0.25) is 0 Å². The third kappa shape index (κ3) is 3.71. The molecule has 0 saturated carbocycles. The summed E-state index contributed by atoms with van der Waals surface area (Å²) in [5.41, 5.74) is 0. The van der Waals surface area contributed by atoms with Crippen LogP contribution in [0.5, 0.6) is 0 Å². The van der Waals surface area contributed by atoms with E-state index < -0.39 is 15.6 Å². The third-order valence-electron chi connectivity index (χ3n) is 4.55. The summed E-state index contributed by atoms with van der Waals surface area (Å²) >= 11 is -3.49. The molecule has 0 aliphatic heterocycles. The van der Waals surface area contributed by atoms with Crippen LogP contribution in [-0.2, 0) is 15.6 Å². The Morgan fingerprint density at radius 3 is 1.80 bits per heavy atom. The Morgan fingerprint density at radius 2 is 1.53 bits per heavy atom. The van der Waals surface area contributed by atoms with Crippen LogP contribution in [0.15, 0.2) is 21.6 Å². The van der Waals surface area contributed by atoms with Gasteiger partial charge in [-0.2, -0.15) is 0 Å². The second-order valence-electron chi connectivity index (χ2n) is 9.87. The monoisotopic (exact) mass is 421 g/mol. The third-order valence-corrected chi connectivity index (χ3v) is 33.0. The first kappa shape index (κ1) is 18.3. The van der Waals surface area contributed by atoms with Crippen molar-refractivity contribution < 1.29 is 15.6 Å². The molecule has 0 aromatic carbocycles. The molecule has 0 fully saturated rings. The number of hydrogen-bond donors (Lipinski definition) is 0. The smallest absolute Gasteiger partial charge is 0.147 e. The van der Waals surface area contributed by atoms with Gasteiger partial charge in [-0.25, -0.2) is 0 Å². The summed E-state index contributed by atoms with van der Waals surface area (Å²) in [6.07, 6.45) is 8.08. The van der Waals surface area contributed by atoms with Gasteiger partial charge in [-0.15, -0.1) is 24.8 Å². The number of rotatable bonds is 2. The Hall–Kier alpha value is 0.930. The van der Waals surface area contributed by atoms with Crippen molar-refractivity contribution in [1.82, 2.24) is 0 Å². The Morgan fingerprint density at radius 1 is 1.07 bits per heavy atom. The van der Waals surface area contributed by atoms with Gasteiger partial charge in [0.25, 0.3) is 0 Å². The van der Waals surface area contributed by atoms with Gasteiger partial charge in [0, 0.05) is 0 Å². The molecular formula is C12H27Cl2Hf. The van der Waals surface area contributed by atoms with Crippen molar-refractivity contribution in [1.29, 1.82) is 0 Å². The molecule has 0 unspecified atom stereocenters. The van der Waals surface area contributed by atoms with Crippen LogP contribution in [0, 0.1) is 0 Å². The first-order valence-corrected chi connectivity index (χ1v) is 27.8. The Kier molecular flexibility index (Phi) is 3.95. The first-order valence-electron chi connectivity index (χ1n) is 5.53. The Labute approximate surface area is 102 Å². The molecule has 0 heterocycles. The zero-order valence-electron chi connectivity index (χ0n) is 11.0. The minimum Gasteiger partial charge on any atom is -0.147 e. The summed E-state index contributed by atoms with van der Waals surface area (Å²) in [4.78, 5) is 0. The largest absolute Gasteiger partial charge is 0.147 e. The van der Waals surface area contributed by atoms with E-state index in [1.165, 1.54) is 10.6 Å². The molecule has 0 radical (unpaired) electrons. The van der Waals surface area contributed by atoms with E-state index >= 15 is 0 Å².